The summed E-state index contributed by atoms with van der Waals surface area (Å²) in [5.74, 6) is 2.31. The van der Waals surface area contributed by atoms with Crippen molar-refractivity contribution >= 4 is 131 Å². The second-order valence-electron chi connectivity index (χ2n) is 32.0. The maximum Gasteiger partial charge on any atom is 0.266 e. The van der Waals surface area contributed by atoms with Crippen LogP contribution in [0.1, 0.15) is 206 Å². The number of nitrogens with one attached hydrogen (secondary N) is 2. The molecule has 0 amide bonds. The minimum absolute atomic E-state index is 0.0882. The molecule has 93 heavy (non-hydrogen) atoms. The Morgan fingerprint density at radius 1 is 0.441 bits per heavy atom. The highest BCUT2D eigenvalue weighted by Gasteiger charge is 2.31. The van der Waals surface area contributed by atoms with Crippen molar-refractivity contribution in [2.45, 2.75) is 185 Å². The normalized spacial score (nSPS) is 14.1. The van der Waals surface area contributed by atoms with Crippen LogP contribution in [0, 0.1) is 23.7 Å². The van der Waals surface area contributed by atoms with Gasteiger partial charge in [-0.1, -0.05) is 210 Å². The van der Waals surface area contributed by atoms with Gasteiger partial charge in [-0.15, -0.1) is 0 Å². The van der Waals surface area contributed by atoms with E-state index < -0.39 is 0 Å². The molecule has 0 saturated heterocycles. The third-order valence-electron chi connectivity index (χ3n) is 21.5. The van der Waals surface area contributed by atoms with Crippen molar-refractivity contribution in [2.24, 2.45) is 23.7 Å². The van der Waals surface area contributed by atoms with E-state index in [1.807, 2.05) is 12.1 Å². The predicted octanol–water partition coefficient (Wildman–Crippen LogP) is 23.2. The first-order chi connectivity index (χ1) is 44.3. The number of benzene rings is 8. The average molecular weight is 1230 g/mol. The molecule has 14 aromatic rings. The summed E-state index contributed by atoms with van der Waals surface area (Å²) in [6.45, 7) is 36.8. The monoisotopic (exact) mass is 1230 g/mol. The molecule has 7 nitrogen and oxygen atoms in total. The van der Waals surface area contributed by atoms with Gasteiger partial charge in [-0.2, -0.15) is 0 Å². The molecule has 7 heteroatoms. The van der Waals surface area contributed by atoms with E-state index in [4.69, 9.17) is 9.97 Å². The molecular weight excluding hydrogens is 1130 g/mol. The van der Waals surface area contributed by atoms with Crippen LogP contribution in [-0.2, 0) is 23.7 Å². The molecule has 2 unspecified atom stereocenters. The molecule has 0 aliphatic carbocycles. The van der Waals surface area contributed by atoms with Gasteiger partial charge < -0.3 is 9.97 Å². The van der Waals surface area contributed by atoms with E-state index in [0.717, 1.165) is 136 Å². The Kier molecular flexibility index (Phi) is 14.5. The highest BCUT2D eigenvalue weighted by molar-refractivity contribution is 6.49. The van der Waals surface area contributed by atoms with Gasteiger partial charge in [0.25, 0.3) is 11.1 Å². The molecule has 9 aromatic carbocycles. The van der Waals surface area contributed by atoms with E-state index in [-0.39, 0.29) is 33.8 Å². The van der Waals surface area contributed by atoms with Gasteiger partial charge in [-0.3, -0.25) is 9.59 Å². The summed E-state index contributed by atoms with van der Waals surface area (Å²) in [6, 6.07) is 38.5. The van der Waals surface area contributed by atoms with Gasteiger partial charge in [0.15, 0.2) is 0 Å². The minimum Gasteiger partial charge on any atom is -0.355 e. The maximum atomic E-state index is 15.4. The smallest absolute Gasteiger partial charge is 0.266 e. The van der Waals surface area contributed by atoms with E-state index in [1.165, 1.54) is 90.4 Å². The number of rotatable bonds is 16. The third-order valence-corrected chi connectivity index (χ3v) is 21.5. The van der Waals surface area contributed by atoms with Crippen LogP contribution in [0.25, 0.3) is 148 Å². The number of hydrogen-bond acceptors (Lipinski definition) is 4. The summed E-state index contributed by atoms with van der Waals surface area (Å²) in [4.78, 5) is 51.1. The number of nitrogens with zero attached hydrogens (tertiary/aromatic N) is 3. The fourth-order valence-electron chi connectivity index (χ4n) is 16.5. The first-order valence-corrected chi connectivity index (χ1v) is 35.0. The molecule has 0 saturated carbocycles. The summed E-state index contributed by atoms with van der Waals surface area (Å²) in [7, 11) is 0. The van der Waals surface area contributed by atoms with Gasteiger partial charge in [0, 0.05) is 70.9 Å². The van der Waals surface area contributed by atoms with E-state index in [9.17, 15) is 0 Å². The van der Waals surface area contributed by atoms with Crippen molar-refractivity contribution in [1.82, 2.24) is 24.5 Å². The molecule has 0 spiro atoms. The van der Waals surface area contributed by atoms with Crippen LogP contribution in [-0.4, -0.2) is 24.5 Å². The fourth-order valence-corrected chi connectivity index (χ4v) is 16.5. The van der Waals surface area contributed by atoms with Gasteiger partial charge >= 0.3 is 0 Å². The van der Waals surface area contributed by atoms with Crippen LogP contribution in [0.2, 0.25) is 0 Å². The van der Waals surface area contributed by atoms with Crippen molar-refractivity contribution < 1.29 is 0 Å². The Hall–Kier alpha value is -8.42. The lowest BCUT2D eigenvalue weighted by Crippen LogP contribution is -2.33. The second kappa shape index (κ2) is 22.1. The zero-order valence-electron chi connectivity index (χ0n) is 57.7. The van der Waals surface area contributed by atoms with Crippen LogP contribution in [0.3, 0.4) is 0 Å². The number of hydrogen-bond donors (Lipinski definition) is 2. The first-order valence-electron chi connectivity index (χ1n) is 35.0. The van der Waals surface area contributed by atoms with Crippen LogP contribution in [0.15, 0.2) is 113 Å². The zero-order valence-corrected chi connectivity index (χ0v) is 57.7. The third kappa shape index (κ3) is 9.77. The van der Waals surface area contributed by atoms with Gasteiger partial charge in [0.05, 0.1) is 33.6 Å². The second-order valence-corrected chi connectivity index (χ2v) is 32.0. The molecule has 2 atom stereocenters. The molecule has 15 rings (SSSR count). The Labute approximate surface area is 546 Å². The molecule has 8 bridgehead atoms. The van der Waals surface area contributed by atoms with Crippen LogP contribution in [0.4, 0.5) is 0 Å². The van der Waals surface area contributed by atoms with Crippen molar-refractivity contribution in [3.63, 3.8) is 0 Å². The van der Waals surface area contributed by atoms with Crippen molar-refractivity contribution in [3.05, 3.63) is 169 Å². The lowest BCUT2D eigenvalue weighted by atomic mass is 9.79. The van der Waals surface area contributed by atoms with Gasteiger partial charge in [-0.05, 0) is 190 Å². The number of para-hydroxylation sites is 1. The lowest BCUT2D eigenvalue weighted by Gasteiger charge is -2.26. The largest absolute Gasteiger partial charge is 0.355 e. The summed E-state index contributed by atoms with van der Waals surface area (Å²) >= 11 is 0. The quantitative estimate of drug-likeness (QED) is 0.0744. The SMILES string of the molecule is CC(C)CCCC(C)Cc1c2nc(c(-c3cc(C(C)(C)C)cc(C(C)(C)C)c3)c3ccc([nH]3)c(CC(C)CCCC(C)C)c3cc4c5cc6c7ccc8c(=O)n(-c9c(C(C)C)cccc9C(C)C)c(=O)c9ccc(c%10ccc%11c%12cc1[nH]c%12c(c4n3)c5c%11c%106)c7c98)C=C2. The van der Waals surface area contributed by atoms with E-state index >= 15 is 9.59 Å². The molecule has 5 aromatic heterocycles. The van der Waals surface area contributed by atoms with Crippen molar-refractivity contribution in [2.75, 3.05) is 0 Å². The Morgan fingerprint density at radius 3 is 1.53 bits per heavy atom. The average Bonchev–Trinajstić information content (AvgIpc) is 1.63. The van der Waals surface area contributed by atoms with Crippen molar-refractivity contribution in [1.29, 1.82) is 0 Å². The standard InChI is InChI=1S/C86H91N5O2/c1-44(2)20-17-22-48(9)36-65-67-32-34-69(87-67)73(50-38-51(85(11,12)13)40-52(39-50)86(14,15)16)70-35-33-68(88-70)66(37-49(10)23-18-21-45(3)4)72-43-64-62-41-61-57-29-31-60-76-59(83(92)91(84(60)93)82-53(46(5)6)24-19-25-54(82)47(7)8)30-28-55(74(57)76)56-26-27-58-63-42-71(65)89-80(63)79(81(64)90-72)78(62)77(58)75(56)61/h19,24-35,38-49,88-89H,17-18,20-23,36-37H2,1-16H3. The molecule has 1 aliphatic rings. The fraction of sp³-hybridized carbons (Fsp3) is 0.372. The zero-order chi connectivity index (χ0) is 65.2. The predicted molar refractivity (Wildman–Crippen MR) is 401 cm³/mol. The van der Waals surface area contributed by atoms with E-state index in [1.54, 1.807) is 0 Å². The number of aromatic amines is 2. The number of H-pyrrole nitrogens is 2. The molecular formula is C86H91N5O2. The maximum absolute atomic E-state index is 15.4. The molecule has 0 radical (unpaired) electrons. The summed E-state index contributed by atoms with van der Waals surface area (Å²) in [6.07, 6.45) is 13.3. The Bertz CT molecular complexity index is 5480. The van der Waals surface area contributed by atoms with Crippen LogP contribution < -0.4 is 11.1 Å². The van der Waals surface area contributed by atoms with Gasteiger partial charge in [-0.25, -0.2) is 14.5 Å². The first kappa shape index (κ1) is 60.8. The highest BCUT2D eigenvalue weighted by Crippen LogP contribution is 2.53. The summed E-state index contributed by atoms with van der Waals surface area (Å²) in [5.41, 5.74) is 17.7. The number of aromatic nitrogens is 5. The lowest BCUT2D eigenvalue weighted by molar-refractivity contribution is 0.456. The van der Waals surface area contributed by atoms with Crippen molar-refractivity contribution in [3.8, 4) is 16.8 Å². The van der Waals surface area contributed by atoms with E-state index in [0.29, 0.717) is 34.4 Å². The number of fused-ring (bicyclic) bond motifs is 10. The highest BCUT2D eigenvalue weighted by atomic mass is 16.2. The number of pyridine rings is 1. The van der Waals surface area contributed by atoms with Crippen LogP contribution in [0.5, 0.6) is 0 Å². The summed E-state index contributed by atoms with van der Waals surface area (Å²) < 4.78 is 1.50. The Balaban J connectivity index is 1.08. The van der Waals surface area contributed by atoms with Gasteiger partial charge in [0.2, 0.25) is 0 Å². The molecule has 472 valence electrons. The van der Waals surface area contributed by atoms with Crippen LogP contribution >= 0.6 is 0 Å². The summed E-state index contributed by atoms with van der Waals surface area (Å²) in [5, 5.41) is 16.7. The minimum atomic E-state index is -0.269. The van der Waals surface area contributed by atoms with Gasteiger partial charge in [0.1, 0.15) is 0 Å². The molecule has 0 fully saturated rings. The molecule has 1 aliphatic heterocycles. The Morgan fingerprint density at radius 2 is 0.946 bits per heavy atom. The molecule has 2 N–H and O–H groups in total. The topological polar surface area (TPSA) is 96.4 Å². The van der Waals surface area contributed by atoms with E-state index in [2.05, 4.69) is 224 Å². The molecule has 6 heterocycles.